The van der Waals surface area contributed by atoms with Gasteiger partial charge in [0, 0.05) is 19.0 Å². The van der Waals surface area contributed by atoms with Crippen molar-refractivity contribution in [3.63, 3.8) is 0 Å². The lowest BCUT2D eigenvalue weighted by atomic mass is 9.97. The minimum atomic E-state index is 0.421. The van der Waals surface area contributed by atoms with E-state index in [1.165, 1.54) is 38.5 Å². The fourth-order valence-electron chi connectivity index (χ4n) is 3.73. The molecule has 0 aromatic heterocycles. The number of nitrogens with one attached hydrogen (secondary N) is 1. The highest BCUT2D eigenvalue weighted by Crippen LogP contribution is 2.24. The normalized spacial score (nSPS) is 27.9. The van der Waals surface area contributed by atoms with Gasteiger partial charge >= 0.3 is 0 Å². The zero-order chi connectivity index (χ0) is 14.4. The molecule has 2 saturated heterocycles. The van der Waals surface area contributed by atoms with E-state index in [2.05, 4.69) is 24.1 Å². The average molecular weight is 280 g/mol. The molecule has 2 unspecified atom stereocenters. The predicted octanol–water partition coefficient (Wildman–Crippen LogP) is 3.19. The molecule has 2 atom stereocenters. The molecule has 116 valence electrons. The fourth-order valence-corrected chi connectivity index (χ4v) is 3.73. The van der Waals surface area contributed by atoms with Crippen LogP contribution in [0, 0.1) is 11.8 Å². The molecule has 0 aliphatic carbocycles. The molecule has 0 aromatic carbocycles. The molecule has 0 bridgehead atoms. The van der Waals surface area contributed by atoms with Crippen LogP contribution in [0.2, 0.25) is 0 Å². The van der Waals surface area contributed by atoms with E-state index in [1.807, 2.05) is 0 Å². The first-order valence-corrected chi connectivity index (χ1v) is 8.67. The van der Waals surface area contributed by atoms with Crippen molar-refractivity contribution in [2.45, 2.75) is 71.3 Å². The van der Waals surface area contributed by atoms with Gasteiger partial charge in [-0.1, -0.05) is 26.7 Å². The summed E-state index contributed by atoms with van der Waals surface area (Å²) in [7, 11) is 0. The number of carbonyl (C=O) groups is 1. The van der Waals surface area contributed by atoms with Crippen LogP contribution in [-0.4, -0.2) is 36.5 Å². The van der Waals surface area contributed by atoms with Gasteiger partial charge in [-0.15, -0.1) is 0 Å². The fraction of sp³-hybridized carbons (Fsp3) is 0.941. The van der Waals surface area contributed by atoms with E-state index < -0.39 is 0 Å². The molecule has 1 N–H and O–H groups in total. The van der Waals surface area contributed by atoms with E-state index in [0.29, 0.717) is 17.9 Å². The number of amides is 1. The van der Waals surface area contributed by atoms with Crippen LogP contribution in [0.4, 0.5) is 0 Å². The second-order valence-electron chi connectivity index (χ2n) is 7.12. The summed E-state index contributed by atoms with van der Waals surface area (Å²) in [5, 5.41) is 3.40. The smallest absolute Gasteiger partial charge is 0.222 e. The molecule has 2 aliphatic rings. The Labute approximate surface area is 124 Å². The maximum atomic E-state index is 12.6. The summed E-state index contributed by atoms with van der Waals surface area (Å²) in [6, 6.07) is 0.506. The molecule has 1 amide bonds. The van der Waals surface area contributed by atoms with E-state index >= 15 is 0 Å². The summed E-state index contributed by atoms with van der Waals surface area (Å²) >= 11 is 0. The predicted molar refractivity (Wildman–Crippen MR) is 83.6 cm³/mol. The minimum Gasteiger partial charge on any atom is -0.340 e. The average Bonchev–Trinajstić information content (AvgIpc) is 2.82. The number of nitrogens with zero attached hydrogens (tertiary/aromatic N) is 1. The number of rotatable bonds is 5. The summed E-state index contributed by atoms with van der Waals surface area (Å²) in [5.41, 5.74) is 0. The molecule has 0 radical (unpaired) electrons. The lowest BCUT2D eigenvalue weighted by Crippen LogP contribution is -2.40. The van der Waals surface area contributed by atoms with Crippen molar-refractivity contribution in [3.8, 4) is 0 Å². The van der Waals surface area contributed by atoms with Crippen LogP contribution in [0.3, 0.4) is 0 Å². The number of hydrogen-bond donors (Lipinski definition) is 1. The highest BCUT2D eigenvalue weighted by Gasteiger charge is 2.26. The first-order chi connectivity index (χ1) is 9.66. The van der Waals surface area contributed by atoms with Crippen molar-refractivity contribution >= 4 is 5.91 Å². The summed E-state index contributed by atoms with van der Waals surface area (Å²) in [5.74, 6) is 1.84. The highest BCUT2D eigenvalue weighted by molar-refractivity contribution is 5.76. The standard InChI is InChI=1S/C17H32N2O/c1-14(2)12-16-6-4-3-5-11-19(16)17(20)8-7-15-9-10-18-13-15/h14-16,18H,3-13H2,1-2H3. The number of carbonyl (C=O) groups excluding carboxylic acids is 1. The third-order valence-corrected chi connectivity index (χ3v) is 4.87. The van der Waals surface area contributed by atoms with Crippen LogP contribution in [0.1, 0.15) is 65.2 Å². The Balaban J connectivity index is 1.85. The Bertz CT molecular complexity index is 297. The molecule has 0 aromatic rings. The number of likely N-dealkylation sites (tertiary alicyclic amines) is 1. The second kappa shape index (κ2) is 8.02. The topological polar surface area (TPSA) is 32.3 Å². The van der Waals surface area contributed by atoms with Gasteiger partial charge in [0.15, 0.2) is 0 Å². The Morgan fingerprint density at radius 1 is 1.25 bits per heavy atom. The Hall–Kier alpha value is -0.570. The van der Waals surface area contributed by atoms with Crippen molar-refractivity contribution in [1.29, 1.82) is 0 Å². The molecule has 3 nitrogen and oxygen atoms in total. The van der Waals surface area contributed by atoms with Gasteiger partial charge in [0.05, 0.1) is 0 Å². The van der Waals surface area contributed by atoms with Crippen molar-refractivity contribution in [2.24, 2.45) is 11.8 Å². The van der Waals surface area contributed by atoms with Crippen LogP contribution < -0.4 is 5.32 Å². The van der Waals surface area contributed by atoms with E-state index in [0.717, 1.165) is 38.4 Å². The number of hydrogen-bond acceptors (Lipinski definition) is 2. The second-order valence-corrected chi connectivity index (χ2v) is 7.12. The minimum absolute atomic E-state index is 0.421. The largest absolute Gasteiger partial charge is 0.340 e. The monoisotopic (exact) mass is 280 g/mol. The first-order valence-electron chi connectivity index (χ1n) is 8.67. The molecule has 0 spiro atoms. The van der Waals surface area contributed by atoms with E-state index in [-0.39, 0.29) is 0 Å². The zero-order valence-electron chi connectivity index (χ0n) is 13.4. The molecule has 2 rings (SSSR count). The third-order valence-electron chi connectivity index (χ3n) is 4.87. The van der Waals surface area contributed by atoms with Crippen LogP contribution in [0.15, 0.2) is 0 Å². The van der Waals surface area contributed by atoms with Gasteiger partial charge in [0.1, 0.15) is 0 Å². The van der Waals surface area contributed by atoms with Crippen LogP contribution in [0.25, 0.3) is 0 Å². The van der Waals surface area contributed by atoms with Gasteiger partial charge in [0.2, 0.25) is 5.91 Å². The van der Waals surface area contributed by atoms with Crippen molar-refractivity contribution < 1.29 is 4.79 Å². The van der Waals surface area contributed by atoms with Gasteiger partial charge in [0.25, 0.3) is 0 Å². The maximum Gasteiger partial charge on any atom is 0.222 e. The van der Waals surface area contributed by atoms with Gasteiger partial charge in [-0.2, -0.15) is 0 Å². The van der Waals surface area contributed by atoms with Crippen molar-refractivity contribution in [2.75, 3.05) is 19.6 Å². The molecule has 2 fully saturated rings. The Morgan fingerprint density at radius 2 is 2.10 bits per heavy atom. The Kier molecular flexibility index (Phi) is 6.34. The summed E-state index contributed by atoms with van der Waals surface area (Å²) < 4.78 is 0. The van der Waals surface area contributed by atoms with Crippen LogP contribution >= 0.6 is 0 Å². The molecule has 20 heavy (non-hydrogen) atoms. The summed E-state index contributed by atoms with van der Waals surface area (Å²) in [4.78, 5) is 14.8. The molecular weight excluding hydrogens is 248 g/mol. The van der Waals surface area contributed by atoms with Crippen LogP contribution in [0.5, 0.6) is 0 Å². The molecule has 0 saturated carbocycles. The van der Waals surface area contributed by atoms with Gasteiger partial charge in [-0.3, -0.25) is 4.79 Å². The zero-order valence-corrected chi connectivity index (χ0v) is 13.4. The summed E-state index contributed by atoms with van der Waals surface area (Å²) in [6.07, 6.45) is 9.29. The molecule has 2 aliphatic heterocycles. The summed E-state index contributed by atoms with van der Waals surface area (Å²) in [6.45, 7) is 7.80. The first kappa shape index (κ1) is 15.8. The highest BCUT2D eigenvalue weighted by atomic mass is 16.2. The van der Waals surface area contributed by atoms with E-state index in [1.54, 1.807) is 0 Å². The van der Waals surface area contributed by atoms with Crippen LogP contribution in [-0.2, 0) is 4.79 Å². The Morgan fingerprint density at radius 3 is 2.80 bits per heavy atom. The van der Waals surface area contributed by atoms with E-state index in [4.69, 9.17) is 0 Å². The quantitative estimate of drug-likeness (QED) is 0.839. The molecular formula is C17H32N2O. The SMILES string of the molecule is CC(C)CC1CCCCCN1C(=O)CCC1CCNC1. The molecule has 3 heteroatoms. The lowest BCUT2D eigenvalue weighted by Gasteiger charge is -2.31. The van der Waals surface area contributed by atoms with Gasteiger partial charge in [-0.05, 0) is 57.0 Å². The maximum absolute atomic E-state index is 12.6. The van der Waals surface area contributed by atoms with Gasteiger partial charge < -0.3 is 10.2 Å². The molecule has 2 heterocycles. The van der Waals surface area contributed by atoms with Crippen molar-refractivity contribution in [3.05, 3.63) is 0 Å². The van der Waals surface area contributed by atoms with E-state index in [9.17, 15) is 4.79 Å². The van der Waals surface area contributed by atoms with Crippen molar-refractivity contribution in [1.82, 2.24) is 10.2 Å². The lowest BCUT2D eigenvalue weighted by molar-refractivity contribution is -0.134. The van der Waals surface area contributed by atoms with Gasteiger partial charge in [-0.25, -0.2) is 0 Å². The third kappa shape index (κ3) is 4.76.